The molecule has 1 unspecified atom stereocenters. The van der Waals surface area contributed by atoms with Crippen LogP contribution in [0, 0.1) is 0 Å². The lowest BCUT2D eigenvalue weighted by atomic mass is 10.1. The third-order valence-corrected chi connectivity index (χ3v) is 3.01. The van der Waals surface area contributed by atoms with Gasteiger partial charge in [0.1, 0.15) is 0 Å². The predicted octanol–water partition coefficient (Wildman–Crippen LogP) is 2.78. The smallest absolute Gasteiger partial charge is 0.236 e. The van der Waals surface area contributed by atoms with Crippen LogP contribution in [0.15, 0.2) is 18.2 Å². The van der Waals surface area contributed by atoms with Gasteiger partial charge in [0.25, 0.3) is 0 Å². The molecule has 5 heteroatoms. The summed E-state index contributed by atoms with van der Waals surface area (Å²) in [6, 6.07) is 4.94. The van der Waals surface area contributed by atoms with Crippen molar-refractivity contribution < 1.29 is 4.79 Å². The number of carbonyl (C=O) groups is 1. The van der Waals surface area contributed by atoms with E-state index in [0.717, 1.165) is 12.0 Å². The molecular formula is C13H18Cl2N2O. The van der Waals surface area contributed by atoms with E-state index in [-0.39, 0.29) is 5.91 Å². The van der Waals surface area contributed by atoms with Crippen molar-refractivity contribution in [2.75, 3.05) is 6.54 Å². The number of nitrogens with one attached hydrogen (secondary N) is 1. The lowest BCUT2D eigenvalue weighted by molar-refractivity contribution is -0.122. The van der Waals surface area contributed by atoms with Gasteiger partial charge in [-0.15, -0.1) is 0 Å². The first-order valence-corrected chi connectivity index (χ1v) is 6.76. The minimum atomic E-state index is -0.419. The molecule has 0 bridgehead atoms. The molecule has 0 aliphatic heterocycles. The predicted molar refractivity (Wildman–Crippen MR) is 76.1 cm³/mol. The molecule has 0 aromatic heterocycles. The van der Waals surface area contributed by atoms with Crippen LogP contribution in [-0.4, -0.2) is 18.5 Å². The second-order valence-corrected chi connectivity index (χ2v) is 5.09. The third-order valence-electron chi connectivity index (χ3n) is 2.57. The number of halogens is 2. The molecule has 0 fully saturated rings. The van der Waals surface area contributed by atoms with Crippen molar-refractivity contribution >= 4 is 29.1 Å². The molecule has 3 nitrogen and oxygen atoms in total. The Hall–Kier alpha value is -0.770. The first kappa shape index (κ1) is 15.3. The average molecular weight is 289 g/mol. The van der Waals surface area contributed by atoms with Crippen LogP contribution in [0.2, 0.25) is 10.0 Å². The monoisotopic (exact) mass is 288 g/mol. The molecule has 0 heterocycles. The summed E-state index contributed by atoms with van der Waals surface area (Å²) in [6.45, 7) is 2.54. The maximum absolute atomic E-state index is 11.6. The Morgan fingerprint density at radius 2 is 1.94 bits per heavy atom. The van der Waals surface area contributed by atoms with Gasteiger partial charge in [-0.1, -0.05) is 36.5 Å². The van der Waals surface area contributed by atoms with Crippen molar-refractivity contribution in [3.63, 3.8) is 0 Å². The van der Waals surface area contributed by atoms with Gasteiger partial charge in [-0.05, 0) is 36.6 Å². The van der Waals surface area contributed by atoms with E-state index in [1.165, 1.54) is 0 Å². The minimum absolute atomic E-state index is 0.107. The quantitative estimate of drug-likeness (QED) is 0.846. The molecule has 1 aromatic carbocycles. The lowest BCUT2D eigenvalue weighted by Crippen LogP contribution is -2.41. The van der Waals surface area contributed by atoms with E-state index in [4.69, 9.17) is 28.9 Å². The van der Waals surface area contributed by atoms with Gasteiger partial charge in [0.2, 0.25) is 5.91 Å². The molecule has 0 saturated heterocycles. The van der Waals surface area contributed by atoms with Gasteiger partial charge >= 0.3 is 0 Å². The molecule has 0 saturated carbocycles. The van der Waals surface area contributed by atoms with Crippen LogP contribution in [0.4, 0.5) is 0 Å². The molecular weight excluding hydrogens is 271 g/mol. The molecule has 100 valence electrons. The van der Waals surface area contributed by atoms with Crippen LogP contribution in [0.3, 0.4) is 0 Å². The van der Waals surface area contributed by atoms with Gasteiger partial charge in [0, 0.05) is 16.6 Å². The highest BCUT2D eigenvalue weighted by Gasteiger charge is 2.11. The molecule has 1 amide bonds. The zero-order valence-corrected chi connectivity index (χ0v) is 11.9. The van der Waals surface area contributed by atoms with Crippen LogP contribution in [0.5, 0.6) is 0 Å². The van der Waals surface area contributed by atoms with E-state index in [1.807, 2.05) is 19.1 Å². The largest absolute Gasteiger partial charge is 0.354 e. The van der Waals surface area contributed by atoms with Crippen molar-refractivity contribution in [3.8, 4) is 0 Å². The van der Waals surface area contributed by atoms with Gasteiger partial charge in [-0.2, -0.15) is 0 Å². The van der Waals surface area contributed by atoms with E-state index < -0.39 is 6.04 Å². The van der Waals surface area contributed by atoms with Crippen LogP contribution < -0.4 is 11.1 Å². The lowest BCUT2D eigenvalue weighted by Gasteiger charge is -2.11. The molecule has 0 aliphatic carbocycles. The fourth-order valence-electron chi connectivity index (χ4n) is 1.66. The molecule has 18 heavy (non-hydrogen) atoms. The van der Waals surface area contributed by atoms with Crippen molar-refractivity contribution in [2.24, 2.45) is 5.73 Å². The highest BCUT2D eigenvalue weighted by atomic mass is 35.5. The summed E-state index contributed by atoms with van der Waals surface area (Å²) in [5, 5.41) is 4.01. The highest BCUT2D eigenvalue weighted by Crippen LogP contribution is 2.19. The van der Waals surface area contributed by atoms with Crippen LogP contribution in [0.25, 0.3) is 0 Å². The molecule has 0 aliphatic rings. The van der Waals surface area contributed by atoms with Crippen molar-refractivity contribution in [3.05, 3.63) is 33.8 Å². The van der Waals surface area contributed by atoms with Gasteiger partial charge in [-0.3, -0.25) is 4.79 Å². The first-order valence-electron chi connectivity index (χ1n) is 6.01. The molecule has 3 N–H and O–H groups in total. The maximum Gasteiger partial charge on any atom is 0.236 e. The molecule has 0 radical (unpaired) electrons. The van der Waals surface area contributed by atoms with Crippen molar-refractivity contribution in [1.29, 1.82) is 0 Å². The number of rotatable bonds is 6. The standard InChI is InChI=1S/C13H18Cl2N2O/c1-2-3-12(16)13(18)17-5-4-9-6-10(14)8-11(15)7-9/h6-8,12H,2-5,16H2,1H3,(H,17,18). The summed E-state index contributed by atoms with van der Waals surface area (Å²) in [4.78, 5) is 11.6. The fourth-order valence-corrected chi connectivity index (χ4v) is 2.23. The summed E-state index contributed by atoms with van der Waals surface area (Å²) < 4.78 is 0. The molecule has 1 rings (SSSR count). The average Bonchev–Trinajstić information content (AvgIpc) is 2.27. The SMILES string of the molecule is CCCC(N)C(=O)NCCc1cc(Cl)cc(Cl)c1. The second kappa shape index (κ2) is 7.62. The Labute approximate surface area is 118 Å². The van der Waals surface area contributed by atoms with E-state index >= 15 is 0 Å². The summed E-state index contributed by atoms with van der Waals surface area (Å²) in [5.74, 6) is -0.107. The third kappa shape index (κ3) is 5.25. The zero-order valence-electron chi connectivity index (χ0n) is 10.4. The summed E-state index contributed by atoms with van der Waals surface area (Å²) >= 11 is 11.8. The van der Waals surface area contributed by atoms with Crippen molar-refractivity contribution in [2.45, 2.75) is 32.2 Å². The Kier molecular flexibility index (Phi) is 6.47. The fraction of sp³-hybridized carbons (Fsp3) is 0.462. The summed E-state index contributed by atoms with van der Waals surface area (Å²) in [6.07, 6.45) is 2.29. The zero-order chi connectivity index (χ0) is 13.5. The Morgan fingerprint density at radius 1 is 1.33 bits per heavy atom. The van der Waals surface area contributed by atoms with Gasteiger partial charge in [-0.25, -0.2) is 0 Å². The minimum Gasteiger partial charge on any atom is -0.354 e. The van der Waals surface area contributed by atoms with Gasteiger partial charge in [0.15, 0.2) is 0 Å². The Bertz CT molecular complexity index is 390. The Balaban J connectivity index is 2.39. The topological polar surface area (TPSA) is 55.1 Å². The Morgan fingerprint density at radius 3 is 2.50 bits per heavy atom. The molecule has 1 atom stereocenters. The summed E-state index contributed by atoms with van der Waals surface area (Å²) in [5.41, 5.74) is 6.70. The first-order chi connectivity index (χ1) is 8.52. The number of benzene rings is 1. The van der Waals surface area contributed by atoms with Crippen LogP contribution in [0.1, 0.15) is 25.3 Å². The molecule has 0 spiro atoms. The number of hydrogen-bond donors (Lipinski definition) is 2. The van der Waals surface area contributed by atoms with Gasteiger partial charge in [0.05, 0.1) is 6.04 Å². The molecule has 1 aromatic rings. The second-order valence-electron chi connectivity index (χ2n) is 4.21. The van der Waals surface area contributed by atoms with E-state index in [1.54, 1.807) is 6.07 Å². The normalized spacial score (nSPS) is 12.2. The van der Waals surface area contributed by atoms with Crippen molar-refractivity contribution in [1.82, 2.24) is 5.32 Å². The highest BCUT2D eigenvalue weighted by molar-refractivity contribution is 6.34. The number of amides is 1. The van der Waals surface area contributed by atoms with Crippen LogP contribution in [-0.2, 0) is 11.2 Å². The number of nitrogens with two attached hydrogens (primary N) is 1. The van der Waals surface area contributed by atoms with E-state index in [9.17, 15) is 4.79 Å². The van der Waals surface area contributed by atoms with E-state index in [2.05, 4.69) is 5.32 Å². The van der Waals surface area contributed by atoms with E-state index in [0.29, 0.717) is 29.4 Å². The van der Waals surface area contributed by atoms with Gasteiger partial charge < -0.3 is 11.1 Å². The maximum atomic E-state index is 11.6. The number of carbonyl (C=O) groups excluding carboxylic acids is 1. The summed E-state index contributed by atoms with van der Waals surface area (Å²) in [7, 11) is 0. The van der Waals surface area contributed by atoms with Crippen LogP contribution >= 0.6 is 23.2 Å². The number of hydrogen-bond acceptors (Lipinski definition) is 2.